The molecule has 0 amide bonds. The molecule has 2 atom stereocenters. The van der Waals surface area contributed by atoms with Crippen LogP contribution in [0.5, 0.6) is 0 Å². The zero-order valence-corrected chi connectivity index (χ0v) is 33.2. The highest BCUT2D eigenvalue weighted by Crippen LogP contribution is 2.48. The van der Waals surface area contributed by atoms with E-state index in [1.54, 1.807) is 22.3 Å². The zero-order chi connectivity index (χ0) is 34.8. The molecule has 2 aliphatic carbocycles. The Kier molecular flexibility index (Phi) is 10.7. The molecule has 2 aliphatic rings. The van der Waals surface area contributed by atoms with Crippen molar-refractivity contribution in [2.24, 2.45) is 0 Å². The molecule has 0 spiro atoms. The summed E-state index contributed by atoms with van der Waals surface area (Å²) >= 11 is 0. The van der Waals surface area contributed by atoms with Crippen LogP contribution in [0.2, 0.25) is 12.1 Å². The Bertz CT molecular complexity index is 1670. The largest absolute Gasteiger partial charge is 0.0654 e. The number of unbranched alkanes of at least 4 members (excludes halogenated alkanes) is 2. The summed E-state index contributed by atoms with van der Waals surface area (Å²) in [5, 5.41) is 0. The summed E-state index contributed by atoms with van der Waals surface area (Å²) in [5.74, 6) is 1.19. The van der Waals surface area contributed by atoms with Crippen LogP contribution in [0.1, 0.15) is 139 Å². The van der Waals surface area contributed by atoms with Crippen molar-refractivity contribution in [3.63, 3.8) is 0 Å². The van der Waals surface area contributed by atoms with Crippen molar-refractivity contribution in [1.29, 1.82) is 0 Å². The van der Waals surface area contributed by atoms with Gasteiger partial charge >= 0.3 is 0 Å². The van der Waals surface area contributed by atoms with Gasteiger partial charge in [0.2, 0.25) is 0 Å². The molecule has 0 nitrogen and oxygen atoms in total. The van der Waals surface area contributed by atoms with Crippen LogP contribution in [0, 0.1) is 0 Å². The van der Waals surface area contributed by atoms with Gasteiger partial charge in [-0.15, -0.1) is 0 Å². The van der Waals surface area contributed by atoms with Gasteiger partial charge in [-0.05, 0) is 92.1 Å². The van der Waals surface area contributed by atoms with Crippen LogP contribution in [-0.2, 0) is 10.8 Å². The molecule has 0 radical (unpaired) electrons. The Morgan fingerprint density at radius 1 is 0.510 bits per heavy atom. The van der Waals surface area contributed by atoms with Gasteiger partial charge in [-0.2, -0.15) is 0 Å². The Hall–Kier alpha value is -3.42. The van der Waals surface area contributed by atoms with Gasteiger partial charge in [-0.3, -0.25) is 0 Å². The first-order valence-corrected chi connectivity index (χ1v) is 21.4. The highest BCUT2D eigenvalue weighted by molar-refractivity contribution is 6.36. The Balaban J connectivity index is 1.25. The SMILES string of the molecule is CCCCC1=Cc2c(-c3ccc(C(C)(C)C)cc3)cccc2C1C[SiH2]CC1C(CCCC)=Cc2c(-c3ccc(C(C)(C)C)cc3)cccc21. The van der Waals surface area contributed by atoms with E-state index in [0.717, 1.165) is 0 Å². The summed E-state index contributed by atoms with van der Waals surface area (Å²) in [6, 6.07) is 35.8. The molecule has 1 heteroatoms. The molecule has 4 aromatic rings. The van der Waals surface area contributed by atoms with E-state index in [2.05, 4.69) is 152 Å². The summed E-state index contributed by atoms with van der Waals surface area (Å²) in [7, 11) is -0.311. The van der Waals surface area contributed by atoms with E-state index in [0.29, 0.717) is 11.8 Å². The molecule has 2 unspecified atom stereocenters. The van der Waals surface area contributed by atoms with Crippen molar-refractivity contribution in [1.82, 2.24) is 0 Å². The van der Waals surface area contributed by atoms with Crippen LogP contribution < -0.4 is 0 Å². The van der Waals surface area contributed by atoms with Crippen LogP contribution >= 0.6 is 0 Å². The van der Waals surface area contributed by atoms with E-state index in [1.807, 2.05) is 0 Å². The van der Waals surface area contributed by atoms with Crippen LogP contribution in [0.15, 0.2) is 96.1 Å². The lowest BCUT2D eigenvalue weighted by molar-refractivity contribution is 0.590. The standard InChI is InChI=1S/C48H60Si/c1-9-11-15-35-29-43-39(33-21-25-37(26-22-33)47(3,4)5)17-13-19-41(43)45(35)31-49-32-46-36(16-12-10-2)30-44-40(18-14-20-42(44)46)34-23-27-38(28-24-34)48(6,7)8/h13-14,17-30,45-46H,9-12,15-16,31-32,49H2,1-8H3. The third-order valence-electron chi connectivity index (χ3n) is 11.3. The van der Waals surface area contributed by atoms with E-state index in [1.165, 1.54) is 95.1 Å². The second-order valence-corrected chi connectivity index (χ2v) is 18.8. The molecule has 6 rings (SSSR count). The molecule has 0 aliphatic heterocycles. The number of rotatable bonds is 12. The normalized spacial score (nSPS) is 17.4. The third kappa shape index (κ3) is 7.68. The lowest BCUT2D eigenvalue weighted by Gasteiger charge is -2.21. The quantitative estimate of drug-likeness (QED) is 0.132. The Morgan fingerprint density at radius 3 is 1.24 bits per heavy atom. The minimum atomic E-state index is -0.311. The molecular weight excluding hydrogens is 605 g/mol. The van der Waals surface area contributed by atoms with Crippen molar-refractivity contribution in [2.75, 3.05) is 0 Å². The Labute approximate surface area is 301 Å². The zero-order valence-electron chi connectivity index (χ0n) is 31.8. The summed E-state index contributed by atoms with van der Waals surface area (Å²) in [6.45, 7) is 18.5. The highest BCUT2D eigenvalue weighted by Gasteiger charge is 2.30. The fraction of sp³-hybridized carbons (Fsp3) is 0.417. The maximum absolute atomic E-state index is 2.60. The van der Waals surface area contributed by atoms with Crippen molar-refractivity contribution < 1.29 is 0 Å². The molecule has 0 aromatic heterocycles. The minimum absolute atomic E-state index is 0.171. The number of fused-ring (bicyclic) bond motifs is 2. The number of benzene rings is 4. The van der Waals surface area contributed by atoms with E-state index in [9.17, 15) is 0 Å². The highest BCUT2D eigenvalue weighted by atomic mass is 28.2. The molecule has 0 bridgehead atoms. The second-order valence-electron chi connectivity index (χ2n) is 17.0. The van der Waals surface area contributed by atoms with E-state index in [4.69, 9.17) is 0 Å². The van der Waals surface area contributed by atoms with E-state index >= 15 is 0 Å². The van der Waals surface area contributed by atoms with Crippen molar-refractivity contribution in [3.05, 3.63) is 129 Å². The molecule has 0 saturated carbocycles. The molecule has 256 valence electrons. The fourth-order valence-electron chi connectivity index (χ4n) is 8.33. The topological polar surface area (TPSA) is 0 Å². The summed E-state index contributed by atoms with van der Waals surface area (Å²) in [5.41, 5.74) is 18.2. The van der Waals surface area contributed by atoms with Crippen LogP contribution in [0.25, 0.3) is 34.4 Å². The first kappa shape index (κ1) is 35.4. The maximum Gasteiger partial charge on any atom is 0.0218 e. The van der Waals surface area contributed by atoms with E-state index < -0.39 is 0 Å². The predicted octanol–water partition coefficient (Wildman–Crippen LogP) is 13.7. The van der Waals surface area contributed by atoms with E-state index in [-0.39, 0.29) is 20.3 Å². The summed E-state index contributed by atoms with van der Waals surface area (Å²) in [4.78, 5) is 0. The van der Waals surface area contributed by atoms with Crippen LogP contribution in [-0.4, -0.2) is 9.52 Å². The predicted molar refractivity (Wildman–Crippen MR) is 220 cm³/mol. The molecular formula is C48H60Si. The maximum atomic E-state index is 2.60. The van der Waals surface area contributed by atoms with Crippen LogP contribution in [0.3, 0.4) is 0 Å². The minimum Gasteiger partial charge on any atom is -0.0654 e. The van der Waals surface area contributed by atoms with Gasteiger partial charge in [0.15, 0.2) is 0 Å². The monoisotopic (exact) mass is 664 g/mol. The molecule has 0 heterocycles. The second kappa shape index (κ2) is 14.8. The average Bonchev–Trinajstić information content (AvgIpc) is 3.63. The number of hydrogen-bond acceptors (Lipinski definition) is 0. The van der Waals surface area contributed by atoms with Gasteiger partial charge in [0.05, 0.1) is 0 Å². The van der Waals surface area contributed by atoms with Crippen molar-refractivity contribution in [3.8, 4) is 22.3 Å². The van der Waals surface area contributed by atoms with Crippen molar-refractivity contribution in [2.45, 2.75) is 129 Å². The number of hydrogen-bond donors (Lipinski definition) is 0. The number of allylic oxidation sites excluding steroid dienone is 2. The third-order valence-corrected chi connectivity index (χ3v) is 13.3. The van der Waals surface area contributed by atoms with Crippen LogP contribution in [0.4, 0.5) is 0 Å². The van der Waals surface area contributed by atoms with Gasteiger partial charge in [-0.25, -0.2) is 0 Å². The summed E-state index contributed by atoms with van der Waals surface area (Å²) < 4.78 is 0. The first-order chi connectivity index (χ1) is 23.5. The lowest BCUT2D eigenvalue weighted by atomic mass is 9.85. The van der Waals surface area contributed by atoms with Gasteiger partial charge in [0.25, 0.3) is 0 Å². The van der Waals surface area contributed by atoms with Gasteiger partial charge < -0.3 is 0 Å². The first-order valence-electron chi connectivity index (χ1n) is 19.4. The molecule has 49 heavy (non-hydrogen) atoms. The fourth-order valence-corrected chi connectivity index (χ4v) is 10.7. The molecule has 0 fully saturated rings. The van der Waals surface area contributed by atoms with Gasteiger partial charge in [0.1, 0.15) is 0 Å². The van der Waals surface area contributed by atoms with Gasteiger partial charge in [-0.1, -0.05) is 189 Å². The smallest absolute Gasteiger partial charge is 0.0218 e. The lowest BCUT2D eigenvalue weighted by Crippen LogP contribution is -2.10. The van der Waals surface area contributed by atoms with Crippen molar-refractivity contribution >= 4 is 21.7 Å². The summed E-state index contributed by atoms with van der Waals surface area (Å²) in [6.07, 6.45) is 12.8. The molecule has 0 N–H and O–H groups in total. The Morgan fingerprint density at radius 2 is 0.898 bits per heavy atom. The molecule has 4 aromatic carbocycles. The van der Waals surface area contributed by atoms with Gasteiger partial charge in [0, 0.05) is 21.4 Å². The molecule has 0 saturated heterocycles. The average molecular weight is 665 g/mol.